The number of alkyl halides is 1. The van der Waals surface area contributed by atoms with E-state index >= 15 is 0 Å². The molecular formula is C14H19Br2N. The van der Waals surface area contributed by atoms with Gasteiger partial charge in [-0.2, -0.15) is 0 Å². The van der Waals surface area contributed by atoms with Crippen molar-refractivity contribution in [1.82, 2.24) is 0 Å². The minimum Gasteiger partial charge on any atom is -0.371 e. The van der Waals surface area contributed by atoms with Crippen LogP contribution in [-0.4, -0.2) is 13.1 Å². The van der Waals surface area contributed by atoms with Gasteiger partial charge in [-0.3, -0.25) is 0 Å². The van der Waals surface area contributed by atoms with Gasteiger partial charge in [-0.05, 0) is 42.9 Å². The third kappa shape index (κ3) is 3.47. The zero-order valence-corrected chi connectivity index (χ0v) is 13.4. The summed E-state index contributed by atoms with van der Waals surface area (Å²) in [6, 6.07) is 6.71. The molecule has 3 heteroatoms. The van der Waals surface area contributed by atoms with Crippen molar-refractivity contribution in [2.45, 2.75) is 31.5 Å². The van der Waals surface area contributed by atoms with Crippen molar-refractivity contribution in [3.8, 4) is 0 Å². The Labute approximate surface area is 121 Å². The molecule has 0 N–H and O–H groups in total. The molecule has 0 radical (unpaired) electrons. The van der Waals surface area contributed by atoms with Gasteiger partial charge in [-0.15, -0.1) is 0 Å². The molecule has 0 aromatic heterocycles. The number of nitrogens with zero attached hydrogens (tertiary/aromatic N) is 1. The quantitative estimate of drug-likeness (QED) is 0.673. The van der Waals surface area contributed by atoms with Crippen LogP contribution in [-0.2, 0) is 5.33 Å². The summed E-state index contributed by atoms with van der Waals surface area (Å²) in [4.78, 5) is 2.52. The van der Waals surface area contributed by atoms with Crippen LogP contribution in [0.5, 0.6) is 0 Å². The number of halogens is 2. The Hall–Kier alpha value is -0.0200. The van der Waals surface area contributed by atoms with Gasteiger partial charge in [0.25, 0.3) is 0 Å². The molecule has 0 bridgehead atoms. The van der Waals surface area contributed by atoms with Crippen molar-refractivity contribution in [2.24, 2.45) is 5.92 Å². The van der Waals surface area contributed by atoms with Gasteiger partial charge in [0.15, 0.2) is 0 Å². The molecule has 1 aliphatic rings. The van der Waals surface area contributed by atoms with Crippen LogP contribution in [0.2, 0.25) is 0 Å². The molecule has 1 aromatic carbocycles. The van der Waals surface area contributed by atoms with Crippen molar-refractivity contribution >= 4 is 37.5 Å². The normalized spacial score (nSPS) is 21.4. The summed E-state index contributed by atoms with van der Waals surface area (Å²) in [7, 11) is 0. The van der Waals surface area contributed by atoms with E-state index in [2.05, 4.69) is 61.9 Å². The van der Waals surface area contributed by atoms with Crippen molar-refractivity contribution in [3.05, 3.63) is 28.2 Å². The average molecular weight is 361 g/mol. The van der Waals surface area contributed by atoms with Crippen LogP contribution in [0.25, 0.3) is 0 Å². The van der Waals surface area contributed by atoms with Crippen LogP contribution in [0.1, 0.15) is 31.7 Å². The molecular weight excluding hydrogens is 342 g/mol. The maximum Gasteiger partial charge on any atom is 0.0377 e. The fraction of sp³-hybridized carbons (Fsp3) is 0.571. The molecule has 1 atom stereocenters. The van der Waals surface area contributed by atoms with E-state index in [1.165, 1.54) is 48.1 Å². The molecule has 1 heterocycles. The standard InChI is InChI=1S/C14H19Br2N/c1-11-3-2-7-17(8-6-11)13-5-4-12(10-15)14(16)9-13/h4-5,9,11H,2-3,6-8,10H2,1H3. The van der Waals surface area contributed by atoms with Crippen LogP contribution < -0.4 is 4.90 Å². The second kappa shape index (κ2) is 6.24. The Morgan fingerprint density at radius 3 is 2.82 bits per heavy atom. The Kier molecular flexibility index (Phi) is 4.92. The molecule has 1 saturated heterocycles. The summed E-state index contributed by atoms with van der Waals surface area (Å²) in [5, 5.41) is 0.908. The molecule has 94 valence electrons. The first-order valence-electron chi connectivity index (χ1n) is 6.30. The molecule has 0 aliphatic carbocycles. The molecule has 0 amide bonds. The maximum absolute atomic E-state index is 3.65. The first-order chi connectivity index (χ1) is 8.20. The Bertz CT molecular complexity index is 378. The van der Waals surface area contributed by atoms with Gasteiger partial charge in [0.1, 0.15) is 0 Å². The Balaban J connectivity index is 2.13. The number of rotatable bonds is 2. The minimum absolute atomic E-state index is 0.880. The van der Waals surface area contributed by atoms with Gasteiger partial charge in [-0.1, -0.05) is 44.8 Å². The maximum atomic E-state index is 3.65. The van der Waals surface area contributed by atoms with Crippen LogP contribution in [0.4, 0.5) is 5.69 Å². The predicted molar refractivity (Wildman–Crippen MR) is 82.0 cm³/mol. The molecule has 1 aliphatic heterocycles. The molecule has 1 nitrogen and oxygen atoms in total. The second-order valence-electron chi connectivity index (χ2n) is 4.93. The number of hydrogen-bond acceptors (Lipinski definition) is 1. The third-order valence-corrected chi connectivity index (χ3v) is 4.90. The molecule has 0 saturated carbocycles. The van der Waals surface area contributed by atoms with Crippen molar-refractivity contribution in [1.29, 1.82) is 0 Å². The smallest absolute Gasteiger partial charge is 0.0377 e. The van der Waals surface area contributed by atoms with E-state index in [9.17, 15) is 0 Å². The molecule has 1 aromatic rings. The van der Waals surface area contributed by atoms with Crippen LogP contribution in [0.3, 0.4) is 0 Å². The Morgan fingerprint density at radius 2 is 2.12 bits per heavy atom. The molecule has 1 fully saturated rings. The minimum atomic E-state index is 0.880. The van der Waals surface area contributed by atoms with E-state index in [1.807, 2.05) is 0 Å². The van der Waals surface area contributed by atoms with Crippen LogP contribution in [0, 0.1) is 5.92 Å². The average Bonchev–Trinajstić information content (AvgIpc) is 2.54. The lowest BCUT2D eigenvalue weighted by atomic mass is 10.0. The fourth-order valence-electron chi connectivity index (χ4n) is 2.36. The fourth-order valence-corrected chi connectivity index (χ4v) is 3.73. The van der Waals surface area contributed by atoms with E-state index < -0.39 is 0 Å². The van der Waals surface area contributed by atoms with E-state index in [0.717, 1.165) is 11.2 Å². The third-order valence-electron chi connectivity index (χ3n) is 3.56. The predicted octanol–water partition coefficient (Wildman–Crippen LogP) is 4.97. The zero-order valence-electron chi connectivity index (χ0n) is 10.3. The molecule has 2 rings (SSSR count). The highest BCUT2D eigenvalue weighted by atomic mass is 79.9. The van der Waals surface area contributed by atoms with E-state index in [-0.39, 0.29) is 0 Å². The largest absolute Gasteiger partial charge is 0.371 e. The lowest BCUT2D eigenvalue weighted by Gasteiger charge is -2.23. The van der Waals surface area contributed by atoms with Gasteiger partial charge in [0.05, 0.1) is 0 Å². The first kappa shape index (κ1) is 13.4. The summed E-state index contributed by atoms with van der Waals surface area (Å²) in [6.45, 7) is 4.76. The summed E-state index contributed by atoms with van der Waals surface area (Å²) in [5.74, 6) is 0.880. The summed E-state index contributed by atoms with van der Waals surface area (Å²) >= 11 is 7.15. The van der Waals surface area contributed by atoms with E-state index in [1.54, 1.807) is 0 Å². The van der Waals surface area contributed by atoms with Crippen molar-refractivity contribution < 1.29 is 0 Å². The second-order valence-corrected chi connectivity index (χ2v) is 6.35. The highest BCUT2D eigenvalue weighted by molar-refractivity contribution is 9.10. The van der Waals surface area contributed by atoms with Gasteiger partial charge >= 0.3 is 0 Å². The summed E-state index contributed by atoms with van der Waals surface area (Å²) < 4.78 is 1.21. The zero-order chi connectivity index (χ0) is 12.3. The van der Waals surface area contributed by atoms with Crippen molar-refractivity contribution in [3.63, 3.8) is 0 Å². The highest BCUT2D eigenvalue weighted by Gasteiger charge is 2.14. The van der Waals surface area contributed by atoms with Gasteiger partial charge in [-0.25, -0.2) is 0 Å². The lowest BCUT2D eigenvalue weighted by molar-refractivity contribution is 0.521. The number of hydrogen-bond donors (Lipinski definition) is 0. The SMILES string of the molecule is CC1CCCN(c2ccc(CBr)c(Br)c2)CC1. The summed E-state index contributed by atoms with van der Waals surface area (Å²) in [5.41, 5.74) is 2.67. The highest BCUT2D eigenvalue weighted by Crippen LogP contribution is 2.28. The van der Waals surface area contributed by atoms with Gasteiger partial charge in [0.2, 0.25) is 0 Å². The summed E-state index contributed by atoms with van der Waals surface area (Å²) in [6.07, 6.45) is 4.01. The topological polar surface area (TPSA) is 3.24 Å². The lowest BCUT2D eigenvalue weighted by Crippen LogP contribution is -2.24. The number of benzene rings is 1. The van der Waals surface area contributed by atoms with Crippen LogP contribution in [0.15, 0.2) is 22.7 Å². The molecule has 1 unspecified atom stereocenters. The monoisotopic (exact) mass is 359 g/mol. The van der Waals surface area contributed by atoms with Gasteiger partial charge < -0.3 is 4.90 Å². The van der Waals surface area contributed by atoms with E-state index in [4.69, 9.17) is 0 Å². The van der Waals surface area contributed by atoms with Crippen LogP contribution >= 0.6 is 31.9 Å². The van der Waals surface area contributed by atoms with Crippen molar-refractivity contribution in [2.75, 3.05) is 18.0 Å². The van der Waals surface area contributed by atoms with E-state index in [0.29, 0.717) is 0 Å². The van der Waals surface area contributed by atoms with Gasteiger partial charge in [0, 0.05) is 28.6 Å². The first-order valence-corrected chi connectivity index (χ1v) is 8.21. The number of anilines is 1. The Morgan fingerprint density at radius 1 is 1.29 bits per heavy atom. The molecule has 17 heavy (non-hydrogen) atoms. The molecule has 0 spiro atoms.